The molecule has 2 N–H and O–H groups in total. The third-order valence-electron chi connectivity index (χ3n) is 3.91. The maximum absolute atomic E-state index is 5.94. The summed E-state index contributed by atoms with van der Waals surface area (Å²) in [4.78, 5) is 4.69. The van der Waals surface area contributed by atoms with Crippen LogP contribution in [0.1, 0.15) is 30.9 Å². The lowest BCUT2D eigenvalue weighted by Gasteiger charge is -2.14. The van der Waals surface area contributed by atoms with Crippen molar-refractivity contribution in [2.45, 2.75) is 33.2 Å². The Bertz CT molecular complexity index is 552. The maximum Gasteiger partial charge on any atom is 0.191 e. The van der Waals surface area contributed by atoms with Gasteiger partial charge in [0.15, 0.2) is 5.96 Å². The number of nitrogens with zero attached hydrogens (tertiary/aromatic N) is 1. The van der Waals surface area contributed by atoms with E-state index in [0.29, 0.717) is 39.6 Å². The molecule has 0 aliphatic heterocycles. The van der Waals surface area contributed by atoms with Crippen LogP contribution in [0.2, 0.25) is 0 Å². The summed E-state index contributed by atoms with van der Waals surface area (Å²) in [5.74, 6) is 1.69. The van der Waals surface area contributed by atoms with E-state index >= 15 is 0 Å². The molecule has 1 aromatic rings. The summed E-state index contributed by atoms with van der Waals surface area (Å²) >= 11 is 0. The Morgan fingerprint density at radius 2 is 1.79 bits per heavy atom. The molecule has 0 bridgehead atoms. The number of guanidine groups is 1. The molecule has 7 nitrogen and oxygen atoms in total. The molecule has 0 saturated heterocycles. The maximum atomic E-state index is 5.94. The highest BCUT2D eigenvalue weighted by atomic mass is 16.5. The number of ether oxygens (including phenoxy) is 4. The van der Waals surface area contributed by atoms with Gasteiger partial charge in [0.2, 0.25) is 0 Å². The first kappa shape index (κ1) is 24.2. The van der Waals surface area contributed by atoms with E-state index in [2.05, 4.69) is 42.7 Å². The molecule has 0 saturated carbocycles. The molecule has 0 heterocycles. The van der Waals surface area contributed by atoms with Crippen LogP contribution in [0.25, 0.3) is 0 Å². The topological polar surface area (TPSA) is 73.3 Å². The van der Waals surface area contributed by atoms with Gasteiger partial charge in [0.25, 0.3) is 0 Å². The monoisotopic (exact) mass is 395 g/mol. The van der Waals surface area contributed by atoms with E-state index in [1.54, 1.807) is 14.2 Å². The quantitative estimate of drug-likeness (QED) is 0.270. The van der Waals surface area contributed by atoms with Gasteiger partial charge in [-0.3, -0.25) is 0 Å². The molecule has 0 fully saturated rings. The second kappa shape index (κ2) is 16.2. The fourth-order valence-corrected chi connectivity index (χ4v) is 2.44. The predicted octanol–water partition coefficient (Wildman–Crippen LogP) is 2.52. The van der Waals surface area contributed by atoms with Crippen molar-refractivity contribution in [1.29, 1.82) is 0 Å². The lowest BCUT2D eigenvalue weighted by atomic mass is 10.1. The summed E-state index contributed by atoms with van der Waals surface area (Å²) in [5.41, 5.74) is 2.25. The van der Waals surface area contributed by atoms with Crippen LogP contribution in [0.4, 0.5) is 0 Å². The Hall–Kier alpha value is -1.83. The van der Waals surface area contributed by atoms with Gasteiger partial charge in [-0.25, -0.2) is 4.99 Å². The van der Waals surface area contributed by atoms with E-state index in [1.165, 1.54) is 5.56 Å². The van der Waals surface area contributed by atoms with Crippen LogP contribution in [0.3, 0.4) is 0 Å². The van der Waals surface area contributed by atoms with Gasteiger partial charge in [0.1, 0.15) is 5.75 Å². The van der Waals surface area contributed by atoms with E-state index in [9.17, 15) is 0 Å². The molecule has 0 aromatic heterocycles. The Balaban J connectivity index is 2.53. The average Bonchev–Trinajstić information content (AvgIpc) is 2.69. The van der Waals surface area contributed by atoms with Gasteiger partial charge in [-0.2, -0.15) is 0 Å². The zero-order chi connectivity index (χ0) is 20.5. The smallest absolute Gasteiger partial charge is 0.191 e. The summed E-state index contributed by atoms with van der Waals surface area (Å²) in [6.45, 7) is 9.58. The van der Waals surface area contributed by atoms with Crippen LogP contribution in [0, 0.1) is 6.92 Å². The zero-order valence-electron chi connectivity index (χ0n) is 17.9. The van der Waals surface area contributed by atoms with Crippen molar-refractivity contribution in [3.63, 3.8) is 0 Å². The van der Waals surface area contributed by atoms with Gasteiger partial charge in [0.05, 0.1) is 26.4 Å². The summed E-state index contributed by atoms with van der Waals surface area (Å²) in [7, 11) is 3.38. The van der Waals surface area contributed by atoms with Crippen LogP contribution in [0.15, 0.2) is 23.2 Å². The van der Waals surface area contributed by atoms with Gasteiger partial charge in [-0.15, -0.1) is 0 Å². The molecule has 160 valence electrons. The number of methoxy groups -OCH3 is 2. The van der Waals surface area contributed by atoms with Crippen molar-refractivity contribution in [3.8, 4) is 5.75 Å². The highest BCUT2D eigenvalue weighted by Crippen LogP contribution is 2.21. The number of aliphatic imine (C=N–C) groups is 1. The van der Waals surface area contributed by atoms with Crippen molar-refractivity contribution in [1.82, 2.24) is 10.6 Å². The minimum absolute atomic E-state index is 0.555. The van der Waals surface area contributed by atoms with Crippen molar-refractivity contribution in [3.05, 3.63) is 29.3 Å². The molecule has 0 atom stereocenters. The molecule has 0 aliphatic rings. The molecule has 0 aliphatic carbocycles. The molecule has 0 spiro atoms. The molecule has 28 heavy (non-hydrogen) atoms. The van der Waals surface area contributed by atoms with Crippen LogP contribution < -0.4 is 15.4 Å². The normalized spacial score (nSPS) is 11.5. The van der Waals surface area contributed by atoms with Crippen LogP contribution in [-0.4, -0.2) is 66.3 Å². The summed E-state index contributed by atoms with van der Waals surface area (Å²) in [6, 6.07) is 6.23. The highest BCUT2D eigenvalue weighted by Gasteiger charge is 2.05. The Morgan fingerprint density at radius 3 is 2.54 bits per heavy atom. The third kappa shape index (κ3) is 11.1. The molecule has 0 radical (unpaired) electrons. The number of nitrogens with one attached hydrogen (secondary N) is 2. The van der Waals surface area contributed by atoms with Gasteiger partial charge >= 0.3 is 0 Å². The van der Waals surface area contributed by atoms with Crippen molar-refractivity contribution in [2.24, 2.45) is 4.99 Å². The Kier molecular flexibility index (Phi) is 14.0. The predicted molar refractivity (Wildman–Crippen MR) is 113 cm³/mol. The largest absolute Gasteiger partial charge is 0.493 e. The number of rotatable bonds is 15. The molecule has 0 amide bonds. The lowest BCUT2D eigenvalue weighted by Crippen LogP contribution is -2.38. The van der Waals surface area contributed by atoms with Gasteiger partial charge in [0, 0.05) is 52.5 Å². The Morgan fingerprint density at radius 1 is 0.964 bits per heavy atom. The fourth-order valence-electron chi connectivity index (χ4n) is 2.44. The number of benzene rings is 1. The molecular weight excluding hydrogens is 358 g/mol. The van der Waals surface area contributed by atoms with E-state index < -0.39 is 0 Å². The minimum Gasteiger partial charge on any atom is -0.493 e. The lowest BCUT2D eigenvalue weighted by molar-refractivity contribution is 0.0698. The third-order valence-corrected chi connectivity index (χ3v) is 3.91. The highest BCUT2D eigenvalue weighted by molar-refractivity contribution is 5.79. The fraction of sp³-hybridized carbons (Fsp3) is 0.667. The molecule has 0 unspecified atom stereocenters. The number of hydrogen-bond donors (Lipinski definition) is 2. The zero-order valence-corrected chi connectivity index (χ0v) is 17.9. The average molecular weight is 396 g/mol. The molecule has 1 aromatic carbocycles. The van der Waals surface area contributed by atoms with Crippen LogP contribution in [0.5, 0.6) is 5.75 Å². The van der Waals surface area contributed by atoms with E-state index in [1.807, 2.05) is 0 Å². The van der Waals surface area contributed by atoms with Gasteiger partial charge < -0.3 is 29.6 Å². The second-order valence-corrected chi connectivity index (χ2v) is 6.39. The standard InChI is InChI=1S/C21H37N3O4/c1-5-22-21(23-10-6-12-27-15-14-26-4)24-17-19-9-8-18(2)16-20(19)28-13-7-11-25-3/h8-9,16H,5-7,10-15,17H2,1-4H3,(H2,22,23,24). The Labute approximate surface area is 169 Å². The van der Waals surface area contributed by atoms with Crippen LogP contribution >= 0.6 is 0 Å². The molecular formula is C21H37N3O4. The van der Waals surface area contributed by atoms with Crippen molar-refractivity contribution < 1.29 is 18.9 Å². The second-order valence-electron chi connectivity index (χ2n) is 6.39. The van der Waals surface area contributed by atoms with Crippen molar-refractivity contribution >= 4 is 5.96 Å². The van der Waals surface area contributed by atoms with E-state index in [-0.39, 0.29) is 0 Å². The first-order chi connectivity index (χ1) is 13.7. The van der Waals surface area contributed by atoms with Crippen LogP contribution in [-0.2, 0) is 20.8 Å². The van der Waals surface area contributed by atoms with Crippen molar-refractivity contribution in [2.75, 3.05) is 60.3 Å². The summed E-state index contributed by atoms with van der Waals surface area (Å²) in [5, 5.41) is 6.62. The first-order valence-electron chi connectivity index (χ1n) is 10.0. The number of hydrogen-bond acceptors (Lipinski definition) is 5. The minimum atomic E-state index is 0.555. The van der Waals surface area contributed by atoms with E-state index in [4.69, 9.17) is 23.9 Å². The first-order valence-corrected chi connectivity index (χ1v) is 10.0. The SMILES string of the molecule is CCNC(=NCc1ccc(C)cc1OCCCOC)NCCCOCCOC. The molecule has 1 rings (SSSR count). The summed E-state index contributed by atoms with van der Waals surface area (Å²) < 4.78 is 21.5. The van der Waals surface area contributed by atoms with E-state index in [0.717, 1.165) is 43.2 Å². The number of aryl methyl sites for hydroxylation is 1. The van der Waals surface area contributed by atoms with Gasteiger partial charge in [-0.1, -0.05) is 12.1 Å². The summed E-state index contributed by atoms with van der Waals surface area (Å²) in [6.07, 6.45) is 1.77. The van der Waals surface area contributed by atoms with Gasteiger partial charge in [-0.05, 0) is 31.9 Å². The molecule has 7 heteroatoms.